The minimum absolute atomic E-state index is 0.210. The van der Waals surface area contributed by atoms with E-state index >= 15 is 0 Å². The van der Waals surface area contributed by atoms with Gasteiger partial charge in [0.1, 0.15) is 0 Å². The summed E-state index contributed by atoms with van der Waals surface area (Å²) < 4.78 is 4.74. The number of esters is 1. The molecule has 0 spiro atoms. The fourth-order valence-electron chi connectivity index (χ4n) is 0.764. The van der Waals surface area contributed by atoms with Crippen molar-refractivity contribution in [3.63, 3.8) is 0 Å². The van der Waals surface area contributed by atoms with Crippen LogP contribution < -0.4 is 5.73 Å². The van der Waals surface area contributed by atoms with Gasteiger partial charge in [0.25, 0.3) is 0 Å². The molecule has 1 aromatic heterocycles. The highest BCUT2D eigenvalue weighted by molar-refractivity contribution is 7.13. The van der Waals surface area contributed by atoms with E-state index in [4.69, 9.17) is 10.5 Å². The fourth-order valence-corrected chi connectivity index (χ4v) is 1.33. The van der Waals surface area contributed by atoms with E-state index in [1.807, 2.05) is 13.8 Å². The fraction of sp³-hybridized carbons (Fsp3) is 0.556. The van der Waals surface area contributed by atoms with Crippen LogP contribution in [-0.4, -0.2) is 17.6 Å². The number of aromatic nitrogens is 1. The molecular weight excluding hydrogens is 200 g/mol. The summed E-state index contributed by atoms with van der Waals surface area (Å²) in [6.07, 6.45) is 0.210. The first-order chi connectivity index (χ1) is 6.72. The van der Waals surface area contributed by atoms with Gasteiger partial charge in [0.2, 0.25) is 0 Å². The maximum absolute atomic E-state index is 10.9. The number of nitrogens with two attached hydrogens (primary N) is 1. The van der Waals surface area contributed by atoms with Crippen molar-refractivity contribution < 1.29 is 9.53 Å². The highest BCUT2D eigenvalue weighted by atomic mass is 32.1. The Hall–Kier alpha value is -1.10. The number of carbonyl (C=O) groups is 1. The average Bonchev–Trinajstić information content (AvgIpc) is 2.55. The van der Waals surface area contributed by atoms with Gasteiger partial charge in [-0.3, -0.25) is 4.79 Å². The Labute approximate surface area is 88.1 Å². The standard InChI is InChI=1S/C7H10N2O2S.C2H6/c1-2-11-6(10)3-5-4-12-7(8)9-5;1-2/h4H,2-3H2,1H3,(H2,8,9);1-2H3. The largest absolute Gasteiger partial charge is 0.466 e. The smallest absolute Gasteiger partial charge is 0.311 e. The lowest BCUT2D eigenvalue weighted by atomic mass is 10.3. The summed E-state index contributed by atoms with van der Waals surface area (Å²) in [5, 5.41) is 2.24. The molecule has 0 fully saturated rings. The number of thiazole rings is 1. The minimum atomic E-state index is -0.261. The lowest BCUT2D eigenvalue weighted by Crippen LogP contribution is -2.07. The number of nitrogens with zero attached hydrogens (tertiary/aromatic N) is 1. The van der Waals surface area contributed by atoms with Crippen LogP contribution in [0, 0.1) is 0 Å². The first kappa shape index (κ1) is 12.9. The molecule has 1 aromatic rings. The Kier molecular flexibility index (Phi) is 6.74. The first-order valence-corrected chi connectivity index (χ1v) is 5.46. The molecule has 5 heteroatoms. The Morgan fingerprint density at radius 1 is 1.64 bits per heavy atom. The number of rotatable bonds is 3. The van der Waals surface area contributed by atoms with Gasteiger partial charge in [-0.1, -0.05) is 13.8 Å². The van der Waals surface area contributed by atoms with Gasteiger partial charge >= 0.3 is 5.97 Å². The zero-order chi connectivity index (χ0) is 11.0. The molecule has 0 amide bonds. The summed E-state index contributed by atoms with van der Waals surface area (Å²) in [7, 11) is 0. The van der Waals surface area contributed by atoms with Gasteiger partial charge in [-0.15, -0.1) is 11.3 Å². The van der Waals surface area contributed by atoms with Crippen molar-refractivity contribution in [3.8, 4) is 0 Å². The molecule has 14 heavy (non-hydrogen) atoms. The second-order valence-electron chi connectivity index (χ2n) is 2.16. The van der Waals surface area contributed by atoms with Crippen LogP contribution in [0.4, 0.5) is 5.13 Å². The zero-order valence-corrected chi connectivity index (χ0v) is 9.56. The predicted octanol–water partition coefficient (Wildman–Crippen LogP) is 1.86. The van der Waals surface area contributed by atoms with Gasteiger partial charge in [0.05, 0.1) is 18.7 Å². The lowest BCUT2D eigenvalue weighted by Gasteiger charge is -1.97. The molecule has 0 aromatic carbocycles. The third-order valence-corrected chi connectivity index (χ3v) is 1.92. The highest BCUT2D eigenvalue weighted by Crippen LogP contribution is 2.11. The molecule has 0 aliphatic carbocycles. The number of ether oxygens (including phenoxy) is 1. The topological polar surface area (TPSA) is 65.2 Å². The van der Waals surface area contributed by atoms with Crippen LogP contribution in [0.3, 0.4) is 0 Å². The molecular formula is C9H16N2O2S. The van der Waals surface area contributed by atoms with E-state index in [2.05, 4.69) is 4.98 Å². The van der Waals surface area contributed by atoms with Crippen LogP contribution in [0.5, 0.6) is 0 Å². The normalized spacial score (nSPS) is 8.79. The van der Waals surface area contributed by atoms with Crippen LogP contribution in [0.25, 0.3) is 0 Å². The Morgan fingerprint density at radius 2 is 2.29 bits per heavy atom. The summed E-state index contributed by atoms with van der Waals surface area (Å²) >= 11 is 1.32. The van der Waals surface area contributed by atoms with E-state index in [1.165, 1.54) is 11.3 Å². The van der Waals surface area contributed by atoms with Gasteiger partial charge in [0.15, 0.2) is 5.13 Å². The lowest BCUT2D eigenvalue weighted by molar-refractivity contribution is -0.142. The molecule has 0 radical (unpaired) electrons. The third kappa shape index (κ3) is 4.81. The molecule has 80 valence electrons. The Balaban J connectivity index is 0.000000791. The summed E-state index contributed by atoms with van der Waals surface area (Å²) in [5.74, 6) is -0.261. The van der Waals surface area contributed by atoms with Gasteiger partial charge < -0.3 is 10.5 Å². The van der Waals surface area contributed by atoms with E-state index in [0.29, 0.717) is 17.4 Å². The van der Waals surface area contributed by atoms with Crippen molar-refractivity contribution in [3.05, 3.63) is 11.1 Å². The SMILES string of the molecule is CC.CCOC(=O)Cc1csc(N)n1. The van der Waals surface area contributed by atoms with Crippen molar-refractivity contribution >= 4 is 22.4 Å². The van der Waals surface area contributed by atoms with E-state index < -0.39 is 0 Å². The molecule has 0 aliphatic heterocycles. The molecule has 4 nitrogen and oxygen atoms in total. The molecule has 0 saturated heterocycles. The number of anilines is 1. The van der Waals surface area contributed by atoms with Crippen LogP contribution >= 0.6 is 11.3 Å². The molecule has 0 saturated carbocycles. The molecule has 0 atom stereocenters. The van der Waals surface area contributed by atoms with Gasteiger partial charge in [-0.2, -0.15) is 0 Å². The van der Waals surface area contributed by atoms with Crippen LogP contribution in [0.1, 0.15) is 26.5 Å². The quantitative estimate of drug-likeness (QED) is 0.783. The number of hydrogen-bond acceptors (Lipinski definition) is 5. The molecule has 2 N–H and O–H groups in total. The number of hydrogen-bond donors (Lipinski definition) is 1. The monoisotopic (exact) mass is 216 g/mol. The summed E-state index contributed by atoms with van der Waals surface area (Å²) in [4.78, 5) is 14.9. The van der Waals surface area contributed by atoms with E-state index in [1.54, 1.807) is 12.3 Å². The predicted molar refractivity (Wildman–Crippen MR) is 58.2 cm³/mol. The Morgan fingerprint density at radius 3 is 2.71 bits per heavy atom. The zero-order valence-electron chi connectivity index (χ0n) is 8.74. The van der Waals surface area contributed by atoms with Gasteiger partial charge in [0, 0.05) is 5.38 Å². The van der Waals surface area contributed by atoms with E-state index in [9.17, 15) is 4.79 Å². The van der Waals surface area contributed by atoms with Crippen molar-refractivity contribution in [2.24, 2.45) is 0 Å². The second kappa shape index (κ2) is 7.32. The van der Waals surface area contributed by atoms with E-state index in [0.717, 1.165) is 0 Å². The van der Waals surface area contributed by atoms with Crippen molar-refractivity contribution in [1.29, 1.82) is 0 Å². The molecule has 0 aliphatic rings. The maximum atomic E-state index is 10.9. The van der Waals surface area contributed by atoms with Gasteiger partial charge in [-0.05, 0) is 6.92 Å². The molecule has 1 rings (SSSR count). The highest BCUT2D eigenvalue weighted by Gasteiger charge is 2.06. The van der Waals surface area contributed by atoms with Gasteiger partial charge in [-0.25, -0.2) is 4.98 Å². The molecule has 0 bridgehead atoms. The summed E-state index contributed by atoms with van der Waals surface area (Å²) in [5.41, 5.74) is 6.06. The molecule has 0 unspecified atom stereocenters. The maximum Gasteiger partial charge on any atom is 0.311 e. The first-order valence-electron chi connectivity index (χ1n) is 4.58. The van der Waals surface area contributed by atoms with Crippen molar-refractivity contribution in [2.45, 2.75) is 27.2 Å². The van der Waals surface area contributed by atoms with Crippen LogP contribution in [-0.2, 0) is 16.0 Å². The summed E-state index contributed by atoms with van der Waals surface area (Å²) in [6, 6.07) is 0. The van der Waals surface area contributed by atoms with E-state index in [-0.39, 0.29) is 12.4 Å². The summed E-state index contributed by atoms with van der Waals surface area (Å²) in [6.45, 7) is 6.17. The molecule has 1 heterocycles. The van der Waals surface area contributed by atoms with Crippen molar-refractivity contribution in [1.82, 2.24) is 4.98 Å². The number of nitrogen functional groups attached to an aromatic ring is 1. The Bertz CT molecular complexity index is 274. The van der Waals surface area contributed by atoms with Crippen LogP contribution in [0.2, 0.25) is 0 Å². The average molecular weight is 216 g/mol. The second-order valence-corrected chi connectivity index (χ2v) is 3.05. The van der Waals surface area contributed by atoms with Crippen LogP contribution in [0.15, 0.2) is 5.38 Å². The third-order valence-electron chi connectivity index (χ3n) is 1.20. The number of carbonyl (C=O) groups excluding carboxylic acids is 1. The van der Waals surface area contributed by atoms with Crippen molar-refractivity contribution in [2.75, 3.05) is 12.3 Å². The minimum Gasteiger partial charge on any atom is -0.466 e.